The van der Waals surface area contributed by atoms with Crippen molar-refractivity contribution in [3.8, 4) is 0 Å². The summed E-state index contributed by atoms with van der Waals surface area (Å²) in [7, 11) is 0. The molecular formula is C16H23N. The summed E-state index contributed by atoms with van der Waals surface area (Å²) >= 11 is 0. The first-order valence-electron chi connectivity index (χ1n) is 6.80. The van der Waals surface area contributed by atoms with Gasteiger partial charge in [0.05, 0.1) is 0 Å². The lowest BCUT2D eigenvalue weighted by atomic mass is 9.77. The van der Waals surface area contributed by atoms with Crippen molar-refractivity contribution < 1.29 is 0 Å². The number of hydrogen-bond acceptors (Lipinski definition) is 1. The fourth-order valence-corrected chi connectivity index (χ4v) is 2.65. The summed E-state index contributed by atoms with van der Waals surface area (Å²) in [5.74, 6) is 0.803. The van der Waals surface area contributed by atoms with E-state index in [-0.39, 0.29) is 0 Å². The van der Waals surface area contributed by atoms with Gasteiger partial charge >= 0.3 is 0 Å². The Balaban J connectivity index is 2.24. The predicted octanol–water partition coefficient (Wildman–Crippen LogP) is 4.18. The van der Waals surface area contributed by atoms with Gasteiger partial charge in [-0.1, -0.05) is 43.7 Å². The van der Waals surface area contributed by atoms with E-state index in [1.54, 1.807) is 5.56 Å². The molecule has 1 atom stereocenters. The summed E-state index contributed by atoms with van der Waals surface area (Å²) in [6.07, 6.45) is 7.16. The molecule has 0 aromatic heterocycles. The highest BCUT2D eigenvalue weighted by Crippen LogP contribution is 2.39. The molecule has 0 aliphatic heterocycles. The van der Waals surface area contributed by atoms with Gasteiger partial charge in [0.1, 0.15) is 0 Å². The standard InChI is InChI=1S/C16H23N/c1-3-8-16(17-4-2)15-12-6-5-11-14(15)13-9-7-10-13/h3,5-6,11-13,16-17H,1,4,7-10H2,2H3. The second-order valence-electron chi connectivity index (χ2n) is 4.89. The molecule has 1 N–H and O–H groups in total. The fourth-order valence-electron chi connectivity index (χ4n) is 2.65. The Morgan fingerprint density at radius 3 is 2.76 bits per heavy atom. The maximum atomic E-state index is 3.88. The molecule has 1 aliphatic rings. The maximum absolute atomic E-state index is 3.88. The minimum absolute atomic E-state index is 0.439. The third-order valence-electron chi connectivity index (χ3n) is 3.77. The Kier molecular flexibility index (Phi) is 4.38. The van der Waals surface area contributed by atoms with Gasteiger partial charge in [-0.3, -0.25) is 0 Å². The van der Waals surface area contributed by atoms with Gasteiger partial charge < -0.3 is 5.32 Å². The average Bonchev–Trinajstić information content (AvgIpc) is 2.27. The summed E-state index contributed by atoms with van der Waals surface area (Å²) < 4.78 is 0. The van der Waals surface area contributed by atoms with Crippen molar-refractivity contribution >= 4 is 0 Å². The van der Waals surface area contributed by atoms with Crippen molar-refractivity contribution in [2.24, 2.45) is 0 Å². The smallest absolute Gasteiger partial charge is 0.0357 e. The van der Waals surface area contributed by atoms with E-state index in [2.05, 4.69) is 43.1 Å². The lowest BCUT2D eigenvalue weighted by molar-refractivity contribution is 0.411. The van der Waals surface area contributed by atoms with Gasteiger partial charge in [0.15, 0.2) is 0 Å². The van der Waals surface area contributed by atoms with Crippen LogP contribution >= 0.6 is 0 Å². The molecule has 1 nitrogen and oxygen atoms in total. The molecule has 1 aromatic carbocycles. The van der Waals surface area contributed by atoms with Gasteiger partial charge in [0.25, 0.3) is 0 Å². The Labute approximate surface area is 105 Å². The van der Waals surface area contributed by atoms with Crippen LogP contribution < -0.4 is 5.32 Å². The van der Waals surface area contributed by atoms with Crippen LogP contribution in [0.3, 0.4) is 0 Å². The molecule has 1 saturated carbocycles. The van der Waals surface area contributed by atoms with Crippen molar-refractivity contribution in [1.82, 2.24) is 5.32 Å². The second kappa shape index (κ2) is 6.02. The Morgan fingerprint density at radius 2 is 2.18 bits per heavy atom. The second-order valence-corrected chi connectivity index (χ2v) is 4.89. The molecule has 1 heteroatoms. The molecule has 0 bridgehead atoms. The normalized spacial score (nSPS) is 17.5. The minimum atomic E-state index is 0.439. The molecule has 0 spiro atoms. The van der Waals surface area contributed by atoms with Crippen LogP contribution in [0.5, 0.6) is 0 Å². The first kappa shape index (κ1) is 12.4. The zero-order valence-corrected chi connectivity index (χ0v) is 10.8. The Hall–Kier alpha value is -1.08. The molecule has 17 heavy (non-hydrogen) atoms. The van der Waals surface area contributed by atoms with E-state index in [0.29, 0.717) is 6.04 Å². The maximum Gasteiger partial charge on any atom is 0.0357 e. The van der Waals surface area contributed by atoms with Crippen molar-refractivity contribution in [3.05, 3.63) is 48.0 Å². The highest BCUT2D eigenvalue weighted by atomic mass is 14.9. The largest absolute Gasteiger partial charge is 0.310 e. The lowest BCUT2D eigenvalue weighted by Gasteiger charge is -2.30. The van der Waals surface area contributed by atoms with Crippen LogP contribution in [0.2, 0.25) is 0 Å². The number of benzene rings is 1. The highest BCUT2D eigenvalue weighted by molar-refractivity contribution is 5.34. The van der Waals surface area contributed by atoms with Crippen molar-refractivity contribution in [3.63, 3.8) is 0 Å². The van der Waals surface area contributed by atoms with Gasteiger partial charge in [-0.2, -0.15) is 0 Å². The quantitative estimate of drug-likeness (QED) is 0.722. The summed E-state index contributed by atoms with van der Waals surface area (Å²) in [6, 6.07) is 9.37. The van der Waals surface area contributed by atoms with Crippen LogP contribution in [-0.4, -0.2) is 6.54 Å². The Bertz CT molecular complexity index is 366. The molecular weight excluding hydrogens is 206 g/mol. The first-order valence-corrected chi connectivity index (χ1v) is 6.80. The molecule has 0 saturated heterocycles. The monoisotopic (exact) mass is 229 g/mol. The van der Waals surface area contributed by atoms with Crippen molar-refractivity contribution in [2.45, 2.75) is 44.6 Å². The third kappa shape index (κ3) is 2.78. The van der Waals surface area contributed by atoms with Crippen LogP contribution in [0.1, 0.15) is 55.7 Å². The molecule has 92 valence electrons. The highest BCUT2D eigenvalue weighted by Gasteiger charge is 2.24. The van der Waals surface area contributed by atoms with Crippen molar-refractivity contribution in [2.75, 3.05) is 6.54 Å². The van der Waals surface area contributed by atoms with E-state index in [4.69, 9.17) is 0 Å². The van der Waals surface area contributed by atoms with Gasteiger partial charge in [0, 0.05) is 6.04 Å². The van der Waals surface area contributed by atoms with Crippen LogP contribution in [0.15, 0.2) is 36.9 Å². The number of hydrogen-bond donors (Lipinski definition) is 1. The van der Waals surface area contributed by atoms with Crippen LogP contribution in [0.25, 0.3) is 0 Å². The summed E-state index contributed by atoms with van der Waals surface area (Å²) in [5.41, 5.74) is 3.05. The first-order chi connectivity index (χ1) is 8.36. The van der Waals surface area contributed by atoms with Crippen molar-refractivity contribution in [1.29, 1.82) is 0 Å². The topological polar surface area (TPSA) is 12.0 Å². The van der Waals surface area contributed by atoms with E-state index in [0.717, 1.165) is 18.9 Å². The molecule has 1 aliphatic carbocycles. The molecule has 0 amide bonds. The predicted molar refractivity (Wildman–Crippen MR) is 74.3 cm³/mol. The molecule has 1 unspecified atom stereocenters. The van der Waals surface area contributed by atoms with Crippen LogP contribution in [0.4, 0.5) is 0 Å². The fraction of sp³-hybridized carbons (Fsp3) is 0.500. The van der Waals surface area contributed by atoms with E-state index in [1.807, 2.05) is 6.08 Å². The lowest BCUT2D eigenvalue weighted by Crippen LogP contribution is -2.23. The molecule has 2 rings (SSSR count). The SMILES string of the molecule is C=CCC(NCC)c1ccccc1C1CCC1. The molecule has 1 aromatic rings. The van der Waals surface area contributed by atoms with Crippen LogP contribution in [0, 0.1) is 0 Å². The number of nitrogens with one attached hydrogen (secondary N) is 1. The zero-order chi connectivity index (χ0) is 12.1. The molecule has 0 radical (unpaired) electrons. The van der Waals surface area contributed by atoms with Gasteiger partial charge in [0.2, 0.25) is 0 Å². The minimum Gasteiger partial charge on any atom is -0.310 e. The third-order valence-corrected chi connectivity index (χ3v) is 3.77. The molecule has 0 heterocycles. The summed E-state index contributed by atoms with van der Waals surface area (Å²) in [4.78, 5) is 0. The summed E-state index contributed by atoms with van der Waals surface area (Å²) in [5, 5.41) is 3.57. The zero-order valence-electron chi connectivity index (χ0n) is 10.8. The number of rotatable bonds is 6. The van der Waals surface area contributed by atoms with E-state index in [9.17, 15) is 0 Å². The van der Waals surface area contributed by atoms with Gasteiger partial charge in [-0.15, -0.1) is 6.58 Å². The van der Waals surface area contributed by atoms with E-state index >= 15 is 0 Å². The summed E-state index contributed by atoms with van der Waals surface area (Å²) in [6.45, 7) is 7.06. The average molecular weight is 229 g/mol. The van der Waals surface area contributed by atoms with Crippen LogP contribution in [-0.2, 0) is 0 Å². The van der Waals surface area contributed by atoms with Gasteiger partial charge in [-0.05, 0) is 42.9 Å². The molecule has 1 fully saturated rings. The van der Waals surface area contributed by atoms with Gasteiger partial charge in [-0.25, -0.2) is 0 Å². The van der Waals surface area contributed by atoms with E-state index in [1.165, 1.54) is 24.8 Å². The van der Waals surface area contributed by atoms with E-state index < -0.39 is 0 Å². The Morgan fingerprint density at radius 1 is 1.41 bits per heavy atom.